The summed E-state index contributed by atoms with van der Waals surface area (Å²) in [4.78, 5) is 0. The van der Waals surface area contributed by atoms with E-state index in [1.165, 1.54) is 26.6 Å². The molecule has 0 N–H and O–H groups in total. The van der Waals surface area contributed by atoms with Gasteiger partial charge in [0, 0.05) is 10.2 Å². The van der Waals surface area contributed by atoms with E-state index in [9.17, 15) is 0 Å². The molecule has 1 aliphatic rings. The molecular weight excluding hydrogens is 124 g/mol. The monoisotopic (exact) mass is 132 g/mol. The maximum atomic E-state index is 2.27. The van der Waals surface area contributed by atoms with E-state index in [2.05, 4.69) is 30.4 Å². The van der Waals surface area contributed by atoms with Gasteiger partial charge in [0.05, 0.1) is 0 Å². The van der Waals surface area contributed by atoms with Gasteiger partial charge in [-0.3, -0.25) is 0 Å². The average Bonchev–Trinajstić information content (AvgIpc) is 1.78. The highest BCUT2D eigenvalue weighted by Crippen LogP contribution is 2.20. The lowest BCUT2D eigenvalue weighted by molar-refractivity contribution is 1.61. The van der Waals surface area contributed by atoms with Gasteiger partial charge in [0.1, 0.15) is 0 Å². The van der Waals surface area contributed by atoms with Crippen LogP contribution in [0.15, 0.2) is 18.2 Å². The van der Waals surface area contributed by atoms with Crippen molar-refractivity contribution in [2.24, 2.45) is 0 Å². The second kappa shape index (κ2) is 1.58. The lowest BCUT2D eigenvalue weighted by Crippen LogP contribution is -2.04. The standard InChI is InChI=1S/C8H8Si/c9-8-4-3-6-1-2-7(6)5-8/h1-5H,9H3. The van der Waals surface area contributed by atoms with Crippen LogP contribution in [0.25, 0.3) is 12.2 Å². The molecule has 0 fully saturated rings. The summed E-state index contributed by atoms with van der Waals surface area (Å²) in [5.41, 5.74) is 2.82. The molecule has 0 unspecified atom stereocenters. The normalized spacial score (nSPS) is 12.9. The third kappa shape index (κ3) is 0.652. The highest BCUT2D eigenvalue weighted by atomic mass is 28.1. The van der Waals surface area contributed by atoms with Gasteiger partial charge in [0.15, 0.2) is 0 Å². The van der Waals surface area contributed by atoms with E-state index in [-0.39, 0.29) is 0 Å². The molecule has 0 atom stereocenters. The lowest BCUT2D eigenvalue weighted by Gasteiger charge is -2.09. The van der Waals surface area contributed by atoms with E-state index in [1.54, 1.807) is 0 Å². The van der Waals surface area contributed by atoms with Gasteiger partial charge in [-0.1, -0.05) is 35.5 Å². The van der Waals surface area contributed by atoms with Crippen LogP contribution in [-0.2, 0) is 0 Å². The van der Waals surface area contributed by atoms with E-state index in [0.29, 0.717) is 0 Å². The minimum Gasteiger partial charge on any atom is -0.0701 e. The molecule has 44 valence electrons. The molecular formula is C8H8Si. The van der Waals surface area contributed by atoms with Crippen molar-refractivity contribution >= 4 is 27.6 Å². The Balaban J connectivity index is 2.63. The first-order valence-electron chi connectivity index (χ1n) is 3.15. The Morgan fingerprint density at radius 2 is 1.78 bits per heavy atom. The lowest BCUT2D eigenvalue weighted by atomic mass is 9.98. The minimum absolute atomic E-state index is 1.17. The number of rotatable bonds is 0. The van der Waals surface area contributed by atoms with Crippen molar-refractivity contribution < 1.29 is 0 Å². The molecule has 0 spiro atoms. The van der Waals surface area contributed by atoms with Crippen LogP contribution < -0.4 is 5.19 Å². The fraction of sp³-hybridized carbons (Fsp3) is 0. The van der Waals surface area contributed by atoms with Crippen LogP contribution in [0.4, 0.5) is 0 Å². The molecule has 2 rings (SSSR count). The second-order valence-electron chi connectivity index (χ2n) is 2.47. The Morgan fingerprint density at radius 1 is 1.00 bits per heavy atom. The smallest absolute Gasteiger partial charge is 0.0385 e. The first-order valence-corrected chi connectivity index (χ1v) is 4.15. The van der Waals surface area contributed by atoms with Gasteiger partial charge in [0.25, 0.3) is 0 Å². The van der Waals surface area contributed by atoms with Crippen LogP contribution in [-0.4, -0.2) is 10.2 Å². The van der Waals surface area contributed by atoms with E-state index in [4.69, 9.17) is 0 Å². The highest BCUT2D eigenvalue weighted by molar-refractivity contribution is 6.32. The van der Waals surface area contributed by atoms with Crippen molar-refractivity contribution in [1.29, 1.82) is 0 Å². The second-order valence-corrected chi connectivity index (χ2v) is 3.62. The zero-order valence-electron chi connectivity index (χ0n) is 5.39. The van der Waals surface area contributed by atoms with Crippen molar-refractivity contribution in [3.63, 3.8) is 0 Å². The Bertz CT molecular complexity index is 274. The summed E-state index contributed by atoms with van der Waals surface area (Å²) in [7, 11) is 1.17. The third-order valence-corrected chi connectivity index (χ3v) is 2.31. The highest BCUT2D eigenvalue weighted by Gasteiger charge is 2.02. The summed E-state index contributed by atoms with van der Waals surface area (Å²) in [6.07, 6.45) is 4.31. The quantitative estimate of drug-likeness (QED) is 0.448. The number of hydrogen-bond donors (Lipinski definition) is 0. The molecule has 0 radical (unpaired) electrons. The molecule has 0 aliphatic heterocycles. The maximum absolute atomic E-state index is 2.27. The van der Waals surface area contributed by atoms with Crippen LogP contribution in [0.5, 0.6) is 0 Å². The molecule has 9 heavy (non-hydrogen) atoms. The summed E-state index contributed by atoms with van der Waals surface area (Å²) >= 11 is 0. The van der Waals surface area contributed by atoms with Gasteiger partial charge in [-0.2, -0.15) is 0 Å². The van der Waals surface area contributed by atoms with Crippen LogP contribution in [0.1, 0.15) is 11.1 Å². The molecule has 1 aliphatic carbocycles. The first kappa shape index (κ1) is 5.00. The van der Waals surface area contributed by atoms with Crippen LogP contribution in [0.2, 0.25) is 0 Å². The molecule has 0 amide bonds. The van der Waals surface area contributed by atoms with Gasteiger partial charge in [0.2, 0.25) is 0 Å². The molecule has 0 saturated heterocycles. The van der Waals surface area contributed by atoms with Crippen molar-refractivity contribution in [3.05, 3.63) is 29.3 Å². The summed E-state index contributed by atoms with van der Waals surface area (Å²) < 4.78 is 0. The van der Waals surface area contributed by atoms with Crippen LogP contribution in [0.3, 0.4) is 0 Å². The number of fused-ring (bicyclic) bond motifs is 1. The van der Waals surface area contributed by atoms with E-state index < -0.39 is 0 Å². The number of benzene rings is 1. The predicted molar refractivity (Wildman–Crippen MR) is 44.9 cm³/mol. The van der Waals surface area contributed by atoms with Gasteiger partial charge in [-0.05, 0) is 11.1 Å². The Labute approximate surface area is 57.6 Å². The summed E-state index contributed by atoms with van der Waals surface area (Å²) in [6.45, 7) is 0. The zero-order chi connectivity index (χ0) is 6.27. The SMILES string of the molecule is [SiH3]c1ccc2c(c1)C=C2. The molecule has 1 aromatic rings. The van der Waals surface area contributed by atoms with Gasteiger partial charge < -0.3 is 0 Å². The fourth-order valence-corrected chi connectivity index (χ4v) is 1.55. The summed E-state index contributed by atoms with van der Waals surface area (Å²) in [5.74, 6) is 0. The molecule has 1 heteroatoms. The molecule has 0 heterocycles. The third-order valence-electron chi connectivity index (χ3n) is 1.68. The minimum atomic E-state index is 1.17. The van der Waals surface area contributed by atoms with E-state index >= 15 is 0 Å². The van der Waals surface area contributed by atoms with E-state index in [0.717, 1.165) is 0 Å². The molecule has 0 aromatic heterocycles. The average molecular weight is 132 g/mol. The first-order chi connectivity index (χ1) is 4.36. The van der Waals surface area contributed by atoms with Gasteiger partial charge >= 0.3 is 0 Å². The van der Waals surface area contributed by atoms with E-state index in [1.807, 2.05) is 0 Å². The van der Waals surface area contributed by atoms with Crippen molar-refractivity contribution in [2.45, 2.75) is 0 Å². The van der Waals surface area contributed by atoms with Gasteiger partial charge in [-0.15, -0.1) is 0 Å². The maximum Gasteiger partial charge on any atom is 0.0385 e. The Morgan fingerprint density at radius 3 is 2.22 bits per heavy atom. The van der Waals surface area contributed by atoms with Crippen LogP contribution >= 0.6 is 0 Å². The van der Waals surface area contributed by atoms with Crippen molar-refractivity contribution in [3.8, 4) is 0 Å². The van der Waals surface area contributed by atoms with Crippen molar-refractivity contribution in [2.75, 3.05) is 0 Å². The molecule has 0 saturated carbocycles. The van der Waals surface area contributed by atoms with Gasteiger partial charge in [-0.25, -0.2) is 0 Å². The summed E-state index contributed by atoms with van der Waals surface area (Å²) in [6, 6.07) is 6.66. The largest absolute Gasteiger partial charge is 0.0701 e. The molecule has 1 aromatic carbocycles. The van der Waals surface area contributed by atoms with Crippen molar-refractivity contribution in [1.82, 2.24) is 0 Å². The topological polar surface area (TPSA) is 0 Å². The zero-order valence-corrected chi connectivity index (χ0v) is 7.39. The number of hydrogen-bond acceptors (Lipinski definition) is 0. The van der Waals surface area contributed by atoms with Crippen LogP contribution in [0, 0.1) is 0 Å². The fourth-order valence-electron chi connectivity index (χ4n) is 1.07. The summed E-state index contributed by atoms with van der Waals surface area (Å²) in [5, 5.41) is 1.48. The molecule has 0 bridgehead atoms. The predicted octanol–water partition coefficient (Wildman–Crippen LogP) is 0.161. The Kier molecular flexibility index (Phi) is 0.876. The molecule has 0 nitrogen and oxygen atoms in total. The Hall–Kier alpha value is -0.823.